The summed E-state index contributed by atoms with van der Waals surface area (Å²) in [6, 6.07) is 19.8. The minimum absolute atomic E-state index is 0.230. The summed E-state index contributed by atoms with van der Waals surface area (Å²) in [5.41, 5.74) is 1.62. The third-order valence-corrected chi connectivity index (χ3v) is 3.80. The van der Waals surface area contributed by atoms with Gasteiger partial charge in [-0.05, 0) is 30.3 Å². The number of nitriles is 1. The number of H-pyrrole nitrogens is 1. The molecule has 0 radical (unpaired) electrons. The van der Waals surface area contributed by atoms with E-state index < -0.39 is 0 Å². The van der Waals surface area contributed by atoms with Crippen LogP contribution in [0.25, 0.3) is 10.9 Å². The molecule has 0 atom stereocenters. The van der Waals surface area contributed by atoms with Gasteiger partial charge in [-0.3, -0.25) is 0 Å². The molecular weight excluding hydrogens is 331 g/mol. The second-order valence-electron chi connectivity index (χ2n) is 5.62. The molecule has 0 aliphatic carbocycles. The van der Waals surface area contributed by atoms with Crippen LogP contribution in [0, 0.1) is 17.1 Å². The van der Waals surface area contributed by atoms with E-state index in [1.165, 1.54) is 6.20 Å². The maximum absolute atomic E-state index is 13.5. The molecular formula is C20H13FN4O. The smallest absolute Gasteiger partial charge is 0.148 e. The zero-order chi connectivity index (χ0) is 17.9. The minimum atomic E-state index is -0.297. The highest BCUT2D eigenvalue weighted by atomic mass is 19.1. The lowest BCUT2D eigenvalue weighted by Crippen LogP contribution is -1.97. The Morgan fingerprint density at radius 3 is 2.69 bits per heavy atom. The van der Waals surface area contributed by atoms with Crippen LogP contribution in [0.15, 0.2) is 66.9 Å². The van der Waals surface area contributed by atoms with Gasteiger partial charge in [0.05, 0.1) is 5.52 Å². The van der Waals surface area contributed by atoms with Crippen LogP contribution in [0.4, 0.5) is 15.9 Å². The van der Waals surface area contributed by atoms with Gasteiger partial charge < -0.3 is 15.0 Å². The number of benzene rings is 2. The highest BCUT2D eigenvalue weighted by Gasteiger charge is 2.07. The van der Waals surface area contributed by atoms with Crippen LogP contribution in [-0.2, 0) is 0 Å². The quantitative estimate of drug-likeness (QED) is 0.539. The number of para-hydroxylation sites is 1. The molecule has 2 aromatic carbocycles. The van der Waals surface area contributed by atoms with E-state index >= 15 is 0 Å². The number of hydrogen-bond donors (Lipinski definition) is 2. The van der Waals surface area contributed by atoms with Crippen molar-refractivity contribution in [2.45, 2.75) is 0 Å². The summed E-state index contributed by atoms with van der Waals surface area (Å²) < 4.78 is 19.3. The fourth-order valence-corrected chi connectivity index (χ4v) is 2.63. The average molecular weight is 344 g/mol. The third-order valence-electron chi connectivity index (χ3n) is 3.80. The van der Waals surface area contributed by atoms with Crippen LogP contribution in [0.5, 0.6) is 11.5 Å². The molecule has 5 nitrogen and oxygen atoms in total. The first kappa shape index (κ1) is 15.7. The molecule has 0 spiro atoms. The summed E-state index contributed by atoms with van der Waals surface area (Å²) in [4.78, 5) is 7.11. The molecule has 0 saturated heterocycles. The van der Waals surface area contributed by atoms with E-state index in [1.54, 1.807) is 30.3 Å². The van der Waals surface area contributed by atoms with Gasteiger partial charge >= 0.3 is 0 Å². The van der Waals surface area contributed by atoms with Gasteiger partial charge in [-0.2, -0.15) is 5.26 Å². The summed E-state index contributed by atoms with van der Waals surface area (Å²) in [5, 5.41) is 12.9. The van der Waals surface area contributed by atoms with E-state index in [9.17, 15) is 9.65 Å². The number of nitrogens with one attached hydrogen (secondary N) is 2. The van der Waals surface area contributed by atoms with Gasteiger partial charge in [0.2, 0.25) is 0 Å². The van der Waals surface area contributed by atoms with Crippen molar-refractivity contribution in [1.29, 1.82) is 5.26 Å². The monoisotopic (exact) mass is 344 g/mol. The van der Waals surface area contributed by atoms with E-state index in [-0.39, 0.29) is 11.5 Å². The van der Waals surface area contributed by atoms with Crippen molar-refractivity contribution in [3.8, 4) is 17.6 Å². The molecule has 0 aliphatic rings. The van der Waals surface area contributed by atoms with E-state index in [1.807, 2.05) is 36.4 Å². The van der Waals surface area contributed by atoms with Crippen molar-refractivity contribution in [1.82, 2.24) is 9.97 Å². The number of hydrogen-bond acceptors (Lipinski definition) is 4. The zero-order valence-electron chi connectivity index (χ0n) is 13.5. The van der Waals surface area contributed by atoms with Crippen molar-refractivity contribution >= 4 is 22.4 Å². The third kappa shape index (κ3) is 3.19. The molecule has 0 fully saturated rings. The number of fused-ring (bicyclic) bond motifs is 1. The predicted molar refractivity (Wildman–Crippen MR) is 97.0 cm³/mol. The fourth-order valence-electron chi connectivity index (χ4n) is 2.63. The van der Waals surface area contributed by atoms with Gasteiger partial charge in [0.1, 0.15) is 34.9 Å². The van der Waals surface area contributed by atoms with Crippen molar-refractivity contribution in [3.05, 3.63) is 78.4 Å². The SMILES string of the molecule is N#Cc1cc(Oc2ccccc2)cc(Nc2ccc3c(F)c[nH]c3c2)n1. The molecule has 0 amide bonds. The van der Waals surface area contributed by atoms with E-state index in [2.05, 4.69) is 15.3 Å². The van der Waals surface area contributed by atoms with Gasteiger partial charge in [-0.15, -0.1) is 0 Å². The molecule has 2 aromatic heterocycles. The number of pyridine rings is 1. The van der Waals surface area contributed by atoms with Gasteiger partial charge in [-0.1, -0.05) is 18.2 Å². The summed E-state index contributed by atoms with van der Waals surface area (Å²) in [6.07, 6.45) is 1.31. The van der Waals surface area contributed by atoms with Gasteiger partial charge in [-0.25, -0.2) is 9.37 Å². The Kier molecular flexibility index (Phi) is 3.96. The van der Waals surface area contributed by atoms with Crippen LogP contribution < -0.4 is 10.1 Å². The van der Waals surface area contributed by atoms with Crippen LogP contribution in [0.3, 0.4) is 0 Å². The Morgan fingerprint density at radius 2 is 1.88 bits per heavy atom. The fraction of sp³-hybridized carbons (Fsp3) is 0. The number of ether oxygens (including phenoxy) is 1. The lowest BCUT2D eigenvalue weighted by molar-refractivity contribution is 0.482. The molecule has 2 heterocycles. The standard InChI is InChI=1S/C20H13FN4O/c21-18-12-23-19-9-13(6-7-17(18)19)24-20-10-16(8-14(11-22)25-20)26-15-4-2-1-3-5-15/h1-10,12,23H,(H,24,25). The number of rotatable bonds is 4. The van der Waals surface area contributed by atoms with Crippen LogP contribution >= 0.6 is 0 Å². The molecule has 0 aliphatic heterocycles. The number of aromatic amines is 1. The lowest BCUT2D eigenvalue weighted by Gasteiger charge is -2.10. The van der Waals surface area contributed by atoms with Crippen LogP contribution in [0.2, 0.25) is 0 Å². The first-order valence-corrected chi connectivity index (χ1v) is 7.90. The van der Waals surface area contributed by atoms with Crippen molar-refractivity contribution in [3.63, 3.8) is 0 Å². The summed E-state index contributed by atoms with van der Waals surface area (Å²) in [6.45, 7) is 0. The van der Waals surface area contributed by atoms with E-state index in [0.717, 1.165) is 0 Å². The number of anilines is 2. The highest BCUT2D eigenvalue weighted by molar-refractivity contribution is 5.84. The summed E-state index contributed by atoms with van der Waals surface area (Å²) in [7, 11) is 0. The zero-order valence-corrected chi connectivity index (χ0v) is 13.5. The topological polar surface area (TPSA) is 73.7 Å². The van der Waals surface area contributed by atoms with Crippen molar-refractivity contribution < 1.29 is 9.13 Å². The Labute approximate surface area is 148 Å². The molecule has 0 saturated carbocycles. The highest BCUT2D eigenvalue weighted by Crippen LogP contribution is 2.27. The molecule has 6 heteroatoms. The number of nitrogens with zero attached hydrogens (tertiary/aromatic N) is 2. The molecule has 4 aromatic rings. The number of halogens is 1. The first-order valence-electron chi connectivity index (χ1n) is 7.90. The predicted octanol–water partition coefficient (Wildman–Crippen LogP) is 5.11. The van der Waals surface area contributed by atoms with Crippen molar-refractivity contribution in [2.24, 2.45) is 0 Å². The average Bonchev–Trinajstić information content (AvgIpc) is 3.03. The first-order chi connectivity index (χ1) is 12.7. The van der Waals surface area contributed by atoms with E-state index in [4.69, 9.17) is 4.74 Å². The van der Waals surface area contributed by atoms with Gasteiger partial charge in [0.25, 0.3) is 0 Å². The molecule has 26 heavy (non-hydrogen) atoms. The molecule has 4 rings (SSSR count). The second-order valence-corrected chi connectivity index (χ2v) is 5.62. The van der Waals surface area contributed by atoms with Crippen LogP contribution in [0.1, 0.15) is 5.69 Å². The molecule has 2 N–H and O–H groups in total. The number of aromatic nitrogens is 2. The molecule has 0 bridgehead atoms. The Bertz CT molecular complexity index is 1120. The maximum Gasteiger partial charge on any atom is 0.148 e. The van der Waals surface area contributed by atoms with E-state index in [0.29, 0.717) is 33.9 Å². The summed E-state index contributed by atoms with van der Waals surface area (Å²) in [5.74, 6) is 1.32. The minimum Gasteiger partial charge on any atom is -0.457 e. The summed E-state index contributed by atoms with van der Waals surface area (Å²) >= 11 is 0. The largest absolute Gasteiger partial charge is 0.457 e. The van der Waals surface area contributed by atoms with Gasteiger partial charge in [0, 0.05) is 29.4 Å². The normalized spacial score (nSPS) is 10.5. The molecule has 126 valence electrons. The second kappa shape index (κ2) is 6.57. The maximum atomic E-state index is 13.5. The lowest BCUT2D eigenvalue weighted by atomic mass is 10.2. The Balaban J connectivity index is 1.64. The Morgan fingerprint density at radius 1 is 1.04 bits per heavy atom. The van der Waals surface area contributed by atoms with Crippen LogP contribution in [-0.4, -0.2) is 9.97 Å². The molecule has 0 unspecified atom stereocenters. The Hall–Kier alpha value is -3.85. The van der Waals surface area contributed by atoms with Crippen molar-refractivity contribution in [2.75, 3.05) is 5.32 Å². The van der Waals surface area contributed by atoms with Gasteiger partial charge in [0.15, 0.2) is 0 Å².